The quantitative estimate of drug-likeness (QED) is 0.830. The third-order valence-corrected chi connectivity index (χ3v) is 3.06. The van der Waals surface area contributed by atoms with Gasteiger partial charge in [0.05, 0.1) is 23.0 Å². The number of nitrogen functional groups attached to an aromatic ring is 1. The summed E-state index contributed by atoms with van der Waals surface area (Å²) in [5, 5.41) is 8.79. The number of amides is 1. The molecule has 0 aromatic heterocycles. The number of carbonyl (C=O) groups excluding carboxylic acids is 1. The summed E-state index contributed by atoms with van der Waals surface area (Å²) in [6, 6.07) is 14.0. The number of rotatable bonds is 3. The molecule has 0 bridgehead atoms. The average Bonchev–Trinajstić information content (AvgIpc) is 2.47. The highest BCUT2D eigenvalue weighted by molar-refractivity contribution is 5.95. The van der Waals surface area contributed by atoms with Gasteiger partial charge in [0.2, 0.25) is 5.91 Å². The molecule has 20 heavy (non-hydrogen) atoms. The number of anilines is 3. The molecular formula is C15H14N4O. The first-order valence-corrected chi connectivity index (χ1v) is 5.96. The van der Waals surface area contributed by atoms with E-state index in [2.05, 4.69) is 6.07 Å². The molecule has 5 nitrogen and oxygen atoms in total. The van der Waals surface area contributed by atoms with Gasteiger partial charge in [-0.15, -0.1) is 0 Å². The molecule has 0 saturated carbocycles. The summed E-state index contributed by atoms with van der Waals surface area (Å²) < 4.78 is 0. The summed E-state index contributed by atoms with van der Waals surface area (Å²) >= 11 is 0. The van der Waals surface area contributed by atoms with Crippen molar-refractivity contribution >= 4 is 23.0 Å². The van der Waals surface area contributed by atoms with E-state index in [1.807, 2.05) is 24.1 Å². The van der Waals surface area contributed by atoms with E-state index < -0.39 is 5.91 Å². The van der Waals surface area contributed by atoms with Gasteiger partial charge in [0.1, 0.15) is 0 Å². The Morgan fingerprint density at radius 3 is 2.40 bits per heavy atom. The van der Waals surface area contributed by atoms with Crippen LogP contribution in [-0.2, 0) is 0 Å². The van der Waals surface area contributed by atoms with Gasteiger partial charge in [0.15, 0.2) is 0 Å². The van der Waals surface area contributed by atoms with Crippen LogP contribution in [0.4, 0.5) is 17.1 Å². The van der Waals surface area contributed by atoms with Gasteiger partial charge in [-0.3, -0.25) is 4.79 Å². The molecule has 0 radical (unpaired) electrons. The Morgan fingerprint density at radius 2 is 1.85 bits per heavy atom. The third kappa shape index (κ3) is 2.54. The van der Waals surface area contributed by atoms with Crippen LogP contribution >= 0.6 is 0 Å². The molecule has 0 atom stereocenters. The third-order valence-electron chi connectivity index (χ3n) is 3.06. The Bertz CT molecular complexity index is 686. The van der Waals surface area contributed by atoms with E-state index in [0.29, 0.717) is 22.5 Å². The van der Waals surface area contributed by atoms with Crippen molar-refractivity contribution in [2.24, 2.45) is 5.73 Å². The van der Waals surface area contributed by atoms with Crippen LogP contribution in [0.5, 0.6) is 0 Å². The molecule has 0 spiro atoms. The number of benzene rings is 2. The smallest absolute Gasteiger partial charge is 0.248 e. The van der Waals surface area contributed by atoms with Crippen molar-refractivity contribution in [1.29, 1.82) is 5.26 Å². The molecule has 0 unspecified atom stereocenters. The summed E-state index contributed by atoms with van der Waals surface area (Å²) in [4.78, 5) is 13.1. The molecule has 1 amide bonds. The molecule has 0 aliphatic carbocycles. The van der Waals surface area contributed by atoms with Crippen molar-refractivity contribution in [3.05, 3.63) is 53.6 Å². The first-order chi connectivity index (χ1) is 9.52. The lowest BCUT2D eigenvalue weighted by molar-refractivity contribution is 0.100. The molecule has 0 saturated heterocycles. The number of nitrogens with two attached hydrogens (primary N) is 2. The van der Waals surface area contributed by atoms with E-state index in [9.17, 15) is 4.79 Å². The number of primary amides is 1. The predicted octanol–water partition coefficient (Wildman–Crippen LogP) is 2.01. The van der Waals surface area contributed by atoms with E-state index in [0.717, 1.165) is 5.69 Å². The lowest BCUT2D eigenvalue weighted by Crippen LogP contribution is -2.15. The van der Waals surface area contributed by atoms with Crippen molar-refractivity contribution in [1.82, 2.24) is 0 Å². The summed E-state index contributed by atoms with van der Waals surface area (Å²) in [7, 11) is 1.83. The standard InChI is InChI=1S/C15H14N4O/c1-19(12-5-2-10(9-16)3-6-12)14-8-11(15(18)20)4-7-13(14)17/h2-8H,17H2,1H3,(H2,18,20). The van der Waals surface area contributed by atoms with Crippen LogP contribution in [0.15, 0.2) is 42.5 Å². The van der Waals surface area contributed by atoms with E-state index in [4.69, 9.17) is 16.7 Å². The molecule has 2 rings (SSSR count). The van der Waals surface area contributed by atoms with Crippen LogP contribution < -0.4 is 16.4 Å². The second-order valence-electron chi connectivity index (χ2n) is 4.36. The second kappa shape index (κ2) is 5.33. The molecule has 0 heterocycles. The maximum Gasteiger partial charge on any atom is 0.248 e. The first-order valence-electron chi connectivity index (χ1n) is 5.96. The van der Waals surface area contributed by atoms with Crippen molar-refractivity contribution in [3.63, 3.8) is 0 Å². The van der Waals surface area contributed by atoms with E-state index >= 15 is 0 Å². The molecule has 2 aromatic carbocycles. The van der Waals surface area contributed by atoms with E-state index in [1.165, 1.54) is 0 Å². The van der Waals surface area contributed by atoms with Gasteiger partial charge in [-0.2, -0.15) is 5.26 Å². The maximum atomic E-state index is 11.2. The minimum Gasteiger partial charge on any atom is -0.397 e. The zero-order valence-corrected chi connectivity index (χ0v) is 11.0. The molecule has 2 aromatic rings. The monoisotopic (exact) mass is 266 g/mol. The lowest BCUT2D eigenvalue weighted by Gasteiger charge is -2.21. The molecule has 0 aliphatic rings. The van der Waals surface area contributed by atoms with Crippen molar-refractivity contribution in [2.75, 3.05) is 17.7 Å². The van der Waals surface area contributed by atoms with Gasteiger partial charge in [-0.25, -0.2) is 0 Å². The van der Waals surface area contributed by atoms with Crippen LogP contribution in [0.25, 0.3) is 0 Å². The minimum atomic E-state index is -0.500. The number of hydrogen-bond donors (Lipinski definition) is 2. The van der Waals surface area contributed by atoms with Gasteiger partial charge in [-0.1, -0.05) is 0 Å². The zero-order chi connectivity index (χ0) is 14.7. The maximum absolute atomic E-state index is 11.2. The van der Waals surface area contributed by atoms with Crippen molar-refractivity contribution in [3.8, 4) is 6.07 Å². The highest BCUT2D eigenvalue weighted by atomic mass is 16.1. The van der Waals surface area contributed by atoms with Gasteiger partial charge in [-0.05, 0) is 42.5 Å². The Hall–Kier alpha value is -3.00. The lowest BCUT2D eigenvalue weighted by atomic mass is 10.1. The van der Waals surface area contributed by atoms with Crippen LogP contribution in [0.3, 0.4) is 0 Å². The summed E-state index contributed by atoms with van der Waals surface area (Å²) in [5.41, 5.74) is 14.3. The molecule has 0 aliphatic heterocycles. The fourth-order valence-corrected chi connectivity index (χ4v) is 1.89. The van der Waals surface area contributed by atoms with Crippen molar-refractivity contribution in [2.45, 2.75) is 0 Å². The van der Waals surface area contributed by atoms with Gasteiger partial charge in [0, 0.05) is 18.3 Å². The summed E-state index contributed by atoms with van der Waals surface area (Å²) in [6.45, 7) is 0. The van der Waals surface area contributed by atoms with Crippen LogP contribution in [-0.4, -0.2) is 13.0 Å². The van der Waals surface area contributed by atoms with Gasteiger partial charge < -0.3 is 16.4 Å². The minimum absolute atomic E-state index is 0.398. The van der Waals surface area contributed by atoms with E-state index in [-0.39, 0.29) is 0 Å². The second-order valence-corrected chi connectivity index (χ2v) is 4.36. The molecule has 0 fully saturated rings. The number of nitrogens with zero attached hydrogens (tertiary/aromatic N) is 2. The van der Waals surface area contributed by atoms with Crippen LogP contribution in [0, 0.1) is 11.3 Å². The predicted molar refractivity (Wildman–Crippen MR) is 78.6 cm³/mol. The van der Waals surface area contributed by atoms with E-state index in [1.54, 1.807) is 30.3 Å². The Kier molecular flexibility index (Phi) is 3.58. The van der Waals surface area contributed by atoms with Gasteiger partial charge >= 0.3 is 0 Å². The number of hydrogen-bond acceptors (Lipinski definition) is 4. The highest BCUT2D eigenvalue weighted by Crippen LogP contribution is 2.29. The normalized spacial score (nSPS) is 9.80. The number of nitriles is 1. The topological polar surface area (TPSA) is 96.1 Å². The summed E-state index contributed by atoms with van der Waals surface area (Å²) in [6.07, 6.45) is 0. The fraction of sp³-hybridized carbons (Fsp3) is 0.0667. The zero-order valence-electron chi connectivity index (χ0n) is 11.0. The molecule has 100 valence electrons. The summed E-state index contributed by atoms with van der Waals surface area (Å²) in [5.74, 6) is -0.500. The van der Waals surface area contributed by atoms with Crippen LogP contribution in [0.2, 0.25) is 0 Å². The Morgan fingerprint density at radius 1 is 1.20 bits per heavy atom. The first kappa shape index (κ1) is 13.4. The molecule has 5 heteroatoms. The average molecular weight is 266 g/mol. The molecule has 4 N–H and O–H groups in total. The van der Waals surface area contributed by atoms with Crippen LogP contribution in [0.1, 0.15) is 15.9 Å². The Balaban J connectivity index is 2.41. The SMILES string of the molecule is CN(c1ccc(C#N)cc1)c1cc(C(N)=O)ccc1N. The van der Waals surface area contributed by atoms with Gasteiger partial charge in [0.25, 0.3) is 0 Å². The fourth-order valence-electron chi connectivity index (χ4n) is 1.89. The van der Waals surface area contributed by atoms with Crippen molar-refractivity contribution < 1.29 is 4.79 Å². The highest BCUT2D eigenvalue weighted by Gasteiger charge is 2.10. The number of carbonyl (C=O) groups is 1. The Labute approximate surface area is 117 Å². The largest absolute Gasteiger partial charge is 0.397 e. The molecular weight excluding hydrogens is 252 g/mol.